The molecule has 0 aliphatic carbocycles. The largest absolute Gasteiger partial charge is 0.316 e. The molecule has 0 spiro atoms. The molecule has 0 saturated carbocycles. The van der Waals surface area contributed by atoms with Gasteiger partial charge < -0.3 is 9.88 Å². The number of aromatic nitrogens is 1. The molecule has 2 atom stereocenters. The number of rotatable bonds is 0. The molecule has 1 fully saturated rings. The Hall–Kier alpha value is -0.510. The number of nitrogens with one attached hydrogen (secondary N) is 1. The zero-order valence-electron chi connectivity index (χ0n) is 8.89. The van der Waals surface area contributed by atoms with E-state index in [1.165, 1.54) is 12.1 Å². The predicted octanol–water partition coefficient (Wildman–Crippen LogP) is 1.40. The van der Waals surface area contributed by atoms with Crippen LogP contribution >= 0.6 is 24.8 Å². The number of piperidine rings is 1. The summed E-state index contributed by atoms with van der Waals surface area (Å²) in [6.07, 6.45) is 1.25. The molecule has 1 N–H and O–H groups in total. The number of nitrogens with zero attached hydrogens (tertiary/aromatic N) is 1. The Bertz CT molecular complexity index is 419. The summed E-state index contributed by atoms with van der Waals surface area (Å²) in [5.41, 5.74) is 1.39. The molecule has 1 saturated heterocycles. The van der Waals surface area contributed by atoms with Gasteiger partial charge in [-0.2, -0.15) is 0 Å². The van der Waals surface area contributed by atoms with E-state index in [0.717, 1.165) is 19.6 Å². The molecular weight excluding hydrogens is 247 g/mol. The minimum atomic E-state index is 0. The van der Waals surface area contributed by atoms with Crippen molar-refractivity contribution in [2.75, 3.05) is 13.1 Å². The van der Waals surface area contributed by atoms with Crippen molar-refractivity contribution < 1.29 is 0 Å². The maximum atomic E-state index is 11.6. The first-order valence-electron chi connectivity index (χ1n) is 5.25. The van der Waals surface area contributed by atoms with Gasteiger partial charge in [-0.1, -0.05) is 6.07 Å². The standard InChI is InChI=1S/C11H14N2O.2ClH/c14-11-3-1-2-10-9-4-8(5-12-6-9)7-13(10)11;;/h1-3,8-9,12H,4-7H2;2*1H. The lowest BCUT2D eigenvalue weighted by molar-refractivity contribution is 0.257. The summed E-state index contributed by atoms with van der Waals surface area (Å²) < 4.78 is 1.96. The number of halogens is 2. The lowest BCUT2D eigenvalue weighted by Crippen LogP contribution is -2.44. The lowest BCUT2D eigenvalue weighted by Gasteiger charge is -2.37. The minimum absolute atomic E-state index is 0. The fraction of sp³-hybridized carbons (Fsp3) is 0.545. The van der Waals surface area contributed by atoms with Gasteiger partial charge in [-0.3, -0.25) is 4.79 Å². The zero-order valence-corrected chi connectivity index (χ0v) is 10.5. The van der Waals surface area contributed by atoms with Crippen LogP contribution in [-0.4, -0.2) is 17.7 Å². The second-order valence-electron chi connectivity index (χ2n) is 4.36. The molecule has 3 rings (SSSR count). The van der Waals surface area contributed by atoms with Crippen LogP contribution < -0.4 is 10.9 Å². The Balaban J connectivity index is 0.000000640. The number of pyridine rings is 1. The Labute approximate surface area is 107 Å². The highest BCUT2D eigenvalue weighted by atomic mass is 35.5. The van der Waals surface area contributed by atoms with Crippen molar-refractivity contribution in [3.8, 4) is 0 Å². The highest BCUT2D eigenvalue weighted by molar-refractivity contribution is 5.85. The predicted molar refractivity (Wildman–Crippen MR) is 68.9 cm³/mol. The van der Waals surface area contributed by atoms with Crippen LogP contribution in [0.2, 0.25) is 0 Å². The molecule has 3 heterocycles. The summed E-state index contributed by atoms with van der Waals surface area (Å²) in [7, 11) is 0. The first-order chi connectivity index (χ1) is 6.84. The third-order valence-corrected chi connectivity index (χ3v) is 3.38. The van der Waals surface area contributed by atoms with E-state index in [0.29, 0.717) is 11.8 Å². The highest BCUT2D eigenvalue weighted by Gasteiger charge is 2.30. The van der Waals surface area contributed by atoms with E-state index < -0.39 is 0 Å². The number of hydrogen-bond acceptors (Lipinski definition) is 2. The second kappa shape index (κ2) is 5.21. The Morgan fingerprint density at radius 3 is 2.88 bits per heavy atom. The molecule has 2 aliphatic rings. The molecule has 0 radical (unpaired) electrons. The van der Waals surface area contributed by atoms with Crippen molar-refractivity contribution in [3.05, 3.63) is 34.2 Å². The van der Waals surface area contributed by atoms with Gasteiger partial charge in [0, 0.05) is 30.8 Å². The first kappa shape index (κ1) is 13.6. The quantitative estimate of drug-likeness (QED) is 0.767. The molecule has 5 heteroatoms. The fourth-order valence-corrected chi connectivity index (χ4v) is 2.74. The molecule has 90 valence electrons. The van der Waals surface area contributed by atoms with E-state index in [4.69, 9.17) is 0 Å². The molecule has 0 aromatic carbocycles. The first-order valence-corrected chi connectivity index (χ1v) is 5.25. The molecule has 2 bridgehead atoms. The van der Waals surface area contributed by atoms with E-state index in [-0.39, 0.29) is 30.4 Å². The highest BCUT2D eigenvalue weighted by Crippen LogP contribution is 2.31. The van der Waals surface area contributed by atoms with Gasteiger partial charge in [0.15, 0.2) is 0 Å². The fourth-order valence-electron chi connectivity index (χ4n) is 2.74. The van der Waals surface area contributed by atoms with Crippen LogP contribution in [-0.2, 0) is 6.54 Å². The summed E-state index contributed by atoms with van der Waals surface area (Å²) in [5, 5.41) is 3.43. The van der Waals surface area contributed by atoms with Gasteiger partial charge in [0.25, 0.3) is 5.56 Å². The minimum Gasteiger partial charge on any atom is -0.316 e. The zero-order chi connectivity index (χ0) is 9.54. The average molecular weight is 263 g/mol. The smallest absolute Gasteiger partial charge is 0.250 e. The third kappa shape index (κ3) is 2.12. The summed E-state index contributed by atoms with van der Waals surface area (Å²) >= 11 is 0. The maximum Gasteiger partial charge on any atom is 0.250 e. The van der Waals surface area contributed by atoms with Crippen LogP contribution in [0.3, 0.4) is 0 Å². The molecule has 1 aromatic heterocycles. The van der Waals surface area contributed by atoms with Gasteiger partial charge in [-0.25, -0.2) is 0 Å². The molecule has 0 amide bonds. The van der Waals surface area contributed by atoms with Crippen LogP contribution in [0.1, 0.15) is 18.0 Å². The van der Waals surface area contributed by atoms with Gasteiger partial charge in [0.05, 0.1) is 0 Å². The SMILES string of the molecule is Cl.Cl.O=c1cccc2n1CC1CNCC2C1. The summed E-state index contributed by atoms with van der Waals surface area (Å²) in [5.74, 6) is 1.21. The average Bonchev–Trinajstić information content (AvgIpc) is 2.20. The topological polar surface area (TPSA) is 34.0 Å². The van der Waals surface area contributed by atoms with Crippen LogP contribution in [0.15, 0.2) is 23.0 Å². The number of hydrogen-bond donors (Lipinski definition) is 1. The van der Waals surface area contributed by atoms with E-state index in [2.05, 4.69) is 11.4 Å². The lowest BCUT2D eigenvalue weighted by atomic mass is 9.84. The van der Waals surface area contributed by atoms with Crippen molar-refractivity contribution in [1.29, 1.82) is 0 Å². The monoisotopic (exact) mass is 262 g/mol. The molecule has 2 aliphatic heterocycles. The Kier molecular flexibility index (Phi) is 4.42. The third-order valence-electron chi connectivity index (χ3n) is 3.38. The van der Waals surface area contributed by atoms with Crippen LogP contribution in [0.4, 0.5) is 0 Å². The van der Waals surface area contributed by atoms with Crippen molar-refractivity contribution in [1.82, 2.24) is 9.88 Å². The van der Waals surface area contributed by atoms with Crippen molar-refractivity contribution in [3.63, 3.8) is 0 Å². The molecule has 16 heavy (non-hydrogen) atoms. The van der Waals surface area contributed by atoms with Gasteiger partial charge >= 0.3 is 0 Å². The second-order valence-corrected chi connectivity index (χ2v) is 4.36. The van der Waals surface area contributed by atoms with E-state index >= 15 is 0 Å². The van der Waals surface area contributed by atoms with Gasteiger partial charge in [0.1, 0.15) is 0 Å². The van der Waals surface area contributed by atoms with Crippen LogP contribution in [0, 0.1) is 5.92 Å². The number of fused-ring (bicyclic) bond motifs is 4. The Morgan fingerprint density at radius 2 is 2.06 bits per heavy atom. The summed E-state index contributed by atoms with van der Waals surface area (Å²) in [4.78, 5) is 11.6. The normalized spacial score (nSPS) is 26.0. The molecular formula is C11H16Cl2N2O. The summed E-state index contributed by atoms with van der Waals surface area (Å²) in [6.45, 7) is 3.00. The maximum absolute atomic E-state index is 11.6. The van der Waals surface area contributed by atoms with Gasteiger partial charge in [0.2, 0.25) is 0 Å². The van der Waals surface area contributed by atoms with Gasteiger partial charge in [-0.05, 0) is 24.9 Å². The van der Waals surface area contributed by atoms with Gasteiger partial charge in [-0.15, -0.1) is 24.8 Å². The summed E-state index contributed by atoms with van der Waals surface area (Å²) in [6, 6.07) is 5.64. The van der Waals surface area contributed by atoms with E-state index in [1.807, 2.05) is 10.6 Å². The Morgan fingerprint density at radius 1 is 1.25 bits per heavy atom. The van der Waals surface area contributed by atoms with E-state index in [9.17, 15) is 4.79 Å². The van der Waals surface area contributed by atoms with Crippen molar-refractivity contribution in [2.24, 2.45) is 5.92 Å². The van der Waals surface area contributed by atoms with Crippen molar-refractivity contribution >= 4 is 24.8 Å². The molecule has 2 unspecified atom stereocenters. The molecule has 1 aromatic rings. The van der Waals surface area contributed by atoms with Crippen LogP contribution in [0.5, 0.6) is 0 Å². The van der Waals surface area contributed by atoms with Crippen LogP contribution in [0.25, 0.3) is 0 Å². The molecule has 3 nitrogen and oxygen atoms in total. The van der Waals surface area contributed by atoms with Crippen molar-refractivity contribution in [2.45, 2.75) is 18.9 Å². The van der Waals surface area contributed by atoms with E-state index in [1.54, 1.807) is 6.07 Å².